The summed E-state index contributed by atoms with van der Waals surface area (Å²) in [5.74, 6) is 0.753. The van der Waals surface area contributed by atoms with Gasteiger partial charge in [-0.05, 0) is 30.7 Å². The molecule has 1 aliphatic rings. The summed E-state index contributed by atoms with van der Waals surface area (Å²) in [6.07, 6.45) is 3.57. The summed E-state index contributed by atoms with van der Waals surface area (Å²) in [5, 5.41) is 0. The van der Waals surface area contributed by atoms with E-state index in [1.165, 1.54) is 12.8 Å². The van der Waals surface area contributed by atoms with E-state index in [0.717, 1.165) is 32.1 Å². The third kappa shape index (κ3) is 1.80. The predicted octanol–water partition coefficient (Wildman–Crippen LogP) is 1.79. The van der Waals surface area contributed by atoms with E-state index in [1.54, 1.807) is 0 Å². The molecule has 2 unspecified atom stereocenters. The molecule has 0 saturated carbocycles. The van der Waals surface area contributed by atoms with Crippen LogP contribution in [0.3, 0.4) is 0 Å². The fraction of sp³-hybridized carbons (Fsp3) is 1.00. The van der Waals surface area contributed by atoms with Crippen molar-refractivity contribution in [2.45, 2.75) is 33.1 Å². The number of hydrogen-bond acceptors (Lipinski definition) is 2. The molecule has 0 aromatic heterocycles. The molecule has 2 atom stereocenters. The molecule has 0 aromatic rings. The van der Waals surface area contributed by atoms with Crippen molar-refractivity contribution in [3.63, 3.8) is 0 Å². The minimum Gasteiger partial charge on any atom is -0.381 e. The van der Waals surface area contributed by atoms with Crippen molar-refractivity contribution in [2.24, 2.45) is 17.1 Å². The molecule has 2 heteroatoms. The molecular weight excluding hydrogens is 150 g/mol. The molecule has 1 heterocycles. The Morgan fingerprint density at radius 1 is 1.58 bits per heavy atom. The van der Waals surface area contributed by atoms with Crippen LogP contribution >= 0.6 is 0 Å². The van der Waals surface area contributed by atoms with Crippen LogP contribution in [0.2, 0.25) is 0 Å². The standard InChI is InChI=1S/C10H21NO/c1-3-9(2)10(4-6-11)5-7-12-8-10/h9H,3-8,11H2,1-2H3. The lowest BCUT2D eigenvalue weighted by atomic mass is 9.72. The van der Waals surface area contributed by atoms with Gasteiger partial charge in [0.15, 0.2) is 0 Å². The van der Waals surface area contributed by atoms with Gasteiger partial charge in [-0.1, -0.05) is 20.3 Å². The number of rotatable bonds is 4. The highest BCUT2D eigenvalue weighted by molar-refractivity contribution is 4.87. The summed E-state index contributed by atoms with van der Waals surface area (Å²) in [7, 11) is 0. The molecule has 1 aliphatic heterocycles. The number of hydrogen-bond donors (Lipinski definition) is 1. The quantitative estimate of drug-likeness (QED) is 0.700. The lowest BCUT2D eigenvalue weighted by Gasteiger charge is -2.33. The Morgan fingerprint density at radius 3 is 2.75 bits per heavy atom. The van der Waals surface area contributed by atoms with E-state index in [4.69, 9.17) is 10.5 Å². The largest absolute Gasteiger partial charge is 0.381 e. The van der Waals surface area contributed by atoms with Gasteiger partial charge in [-0.3, -0.25) is 0 Å². The molecular formula is C10H21NO. The first-order valence-corrected chi connectivity index (χ1v) is 5.03. The van der Waals surface area contributed by atoms with Gasteiger partial charge in [-0.25, -0.2) is 0 Å². The van der Waals surface area contributed by atoms with Crippen LogP contribution < -0.4 is 5.73 Å². The molecule has 12 heavy (non-hydrogen) atoms. The Bertz CT molecular complexity index is 130. The first-order chi connectivity index (χ1) is 5.75. The lowest BCUT2D eigenvalue weighted by molar-refractivity contribution is 0.104. The molecule has 2 N–H and O–H groups in total. The van der Waals surface area contributed by atoms with E-state index in [-0.39, 0.29) is 0 Å². The molecule has 0 aliphatic carbocycles. The predicted molar refractivity (Wildman–Crippen MR) is 51.0 cm³/mol. The normalized spacial score (nSPS) is 32.2. The summed E-state index contributed by atoms with van der Waals surface area (Å²) in [6.45, 7) is 7.24. The second-order valence-electron chi connectivity index (χ2n) is 4.01. The van der Waals surface area contributed by atoms with Crippen molar-refractivity contribution >= 4 is 0 Å². The maximum absolute atomic E-state index is 5.63. The zero-order valence-corrected chi connectivity index (χ0v) is 8.31. The molecule has 0 radical (unpaired) electrons. The number of nitrogens with two attached hydrogens (primary N) is 1. The second kappa shape index (κ2) is 4.24. The highest BCUT2D eigenvalue weighted by atomic mass is 16.5. The maximum Gasteiger partial charge on any atom is 0.0526 e. The van der Waals surface area contributed by atoms with E-state index in [9.17, 15) is 0 Å². The number of ether oxygens (including phenoxy) is 1. The first kappa shape index (κ1) is 10.0. The molecule has 1 rings (SSSR count). The SMILES string of the molecule is CCC(C)C1(CCN)CCOC1. The fourth-order valence-electron chi connectivity index (χ4n) is 2.18. The average molecular weight is 171 g/mol. The van der Waals surface area contributed by atoms with E-state index in [0.29, 0.717) is 5.41 Å². The van der Waals surface area contributed by atoms with Crippen LogP contribution in [0.5, 0.6) is 0 Å². The van der Waals surface area contributed by atoms with Crippen molar-refractivity contribution in [2.75, 3.05) is 19.8 Å². The van der Waals surface area contributed by atoms with Gasteiger partial charge in [-0.2, -0.15) is 0 Å². The lowest BCUT2D eigenvalue weighted by Crippen LogP contribution is -2.31. The van der Waals surface area contributed by atoms with Crippen molar-refractivity contribution in [3.05, 3.63) is 0 Å². The van der Waals surface area contributed by atoms with Gasteiger partial charge >= 0.3 is 0 Å². The van der Waals surface area contributed by atoms with E-state index in [1.807, 2.05) is 0 Å². The Hall–Kier alpha value is -0.0800. The molecule has 0 bridgehead atoms. The van der Waals surface area contributed by atoms with Crippen LogP contribution in [-0.2, 0) is 4.74 Å². The third-order valence-corrected chi connectivity index (χ3v) is 3.43. The van der Waals surface area contributed by atoms with Crippen LogP contribution in [0.25, 0.3) is 0 Å². The van der Waals surface area contributed by atoms with Crippen molar-refractivity contribution < 1.29 is 4.74 Å². The Kier molecular flexibility index (Phi) is 3.53. The maximum atomic E-state index is 5.63. The van der Waals surface area contributed by atoms with E-state index < -0.39 is 0 Å². The van der Waals surface area contributed by atoms with Crippen molar-refractivity contribution in [3.8, 4) is 0 Å². The van der Waals surface area contributed by atoms with Crippen molar-refractivity contribution in [1.82, 2.24) is 0 Å². The summed E-state index contributed by atoms with van der Waals surface area (Å²) in [6, 6.07) is 0. The summed E-state index contributed by atoms with van der Waals surface area (Å²) in [5.41, 5.74) is 6.04. The van der Waals surface area contributed by atoms with E-state index in [2.05, 4.69) is 13.8 Å². The van der Waals surface area contributed by atoms with Crippen LogP contribution in [0.4, 0.5) is 0 Å². The minimum atomic E-state index is 0.406. The molecule has 1 saturated heterocycles. The van der Waals surface area contributed by atoms with Crippen LogP contribution in [-0.4, -0.2) is 19.8 Å². The van der Waals surface area contributed by atoms with Gasteiger partial charge in [-0.15, -0.1) is 0 Å². The molecule has 2 nitrogen and oxygen atoms in total. The monoisotopic (exact) mass is 171 g/mol. The zero-order valence-electron chi connectivity index (χ0n) is 8.31. The minimum absolute atomic E-state index is 0.406. The molecule has 0 spiro atoms. The smallest absolute Gasteiger partial charge is 0.0526 e. The zero-order chi connectivity index (χ0) is 9.03. The molecule has 0 amide bonds. The van der Waals surface area contributed by atoms with Gasteiger partial charge in [0.25, 0.3) is 0 Å². The van der Waals surface area contributed by atoms with Gasteiger partial charge < -0.3 is 10.5 Å². The highest BCUT2D eigenvalue weighted by Crippen LogP contribution is 2.40. The van der Waals surface area contributed by atoms with Gasteiger partial charge in [0.2, 0.25) is 0 Å². The second-order valence-corrected chi connectivity index (χ2v) is 4.01. The van der Waals surface area contributed by atoms with Gasteiger partial charge in [0.05, 0.1) is 6.61 Å². The molecule has 0 aromatic carbocycles. The third-order valence-electron chi connectivity index (χ3n) is 3.43. The summed E-state index contributed by atoms with van der Waals surface area (Å²) < 4.78 is 5.48. The summed E-state index contributed by atoms with van der Waals surface area (Å²) in [4.78, 5) is 0. The van der Waals surface area contributed by atoms with Crippen LogP contribution in [0.15, 0.2) is 0 Å². The summed E-state index contributed by atoms with van der Waals surface area (Å²) >= 11 is 0. The average Bonchev–Trinajstić information content (AvgIpc) is 2.53. The Labute approximate surface area is 75.5 Å². The topological polar surface area (TPSA) is 35.2 Å². The molecule has 72 valence electrons. The molecule has 1 fully saturated rings. The van der Waals surface area contributed by atoms with Gasteiger partial charge in [0, 0.05) is 6.61 Å². The Balaban J connectivity index is 2.57. The van der Waals surface area contributed by atoms with Crippen molar-refractivity contribution in [1.29, 1.82) is 0 Å². The van der Waals surface area contributed by atoms with E-state index >= 15 is 0 Å². The Morgan fingerprint density at radius 2 is 2.33 bits per heavy atom. The first-order valence-electron chi connectivity index (χ1n) is 5.03. The van der Waals surface area contributed by atoms with Gasteiger partial charge in [0.1, 0.15) is 0 Å². The highest BCUT2D eigenvalue weighted by Gasteiger charge is 2.38. The fourth-order valence-corrected chi connectivity index (χ4v) is 2.18. The van der Waals surface area contributed by atoms with Crippen LogP contribution in [0.1, 0.15) is 33.1 Å². The van der Waals surface area contributed by atoms with Crippen LogP contribution in [0, 0.1) is 11.3 Å².